The molecule has 86 valence electrons. The van der Waals surface area contributed by atoms with Crippen LogP contribution in [0.5, 0.6) is 0 Å². The van der Waals surface area contributed by atoms with E-state index in [1.807, 2.05) is 0 Å². The van der Waals surface area contributed by atoms with E-state index >= 15 is 0 Å². The van der Waals surface area contributed by atoms with Crippen LogP contribution < -0.4 is 0 Å². The second-order valence-corrected chi connectivity index (χ2v) is 4.69. The summed E-state index contributed by atoms with van der Waals surface area (Å²) in [6.07, 6.45) is 2.88. The van der Waals surface area contributed by atoms with Gasteiger partial charge in [0.15, 0.2) is 0 Å². The summed E-state index contributed by atoms with van der Waals surface area (Å²) >= 11 is 0. The summed E-state index contributed by atoms with van der Waals surface area (Å²) in [6.45, 7) is 5.69. The molecule has 0 saturated carbocycles. The van der Waals surface area contributed by atoms with Gasteiger partial charge in [-0.1, -0.05) is 32.0 Å². The highest BCUT2D eigenvalue weighted by Crippen LogP contribution is 2.21. The van der Waals surface area contributed by atoms with E-state index in [0.717, 1.165) is 13.0 Å². The summed E-state index contributed by atoms with van der Waals surface area (Å²) < 4.78 is 2.30. The fourth-order valence-electron chi connectivity index (χ4n) is 2.21. The largest absolute Gasteiger partial charge is 0.396 e. The molecule has 2 aromatic rings. The van der Waals surface area contributed by atoms with E-state index < -0.39 is 0 Å². The molecular formula is C14H19NO. The van der Waals surface area contributed by atoms with Crippen LogP contribution in [0.25, 0.3) is 10.9 Å². The Hall–Kier alpha value is -1.28. The molecule has 0 aliphatic carbocycles. The zero-order valence-electron chi connectivity index (χ0n) is 9.98. The Morgan fingerprint density at radius 3 is 2.75 bits per heavy atom. The van der Waals surface area contributed by atoms with Crippen LogP contribution in [-0.4, -0.2) is 16.3 Å². The van der Waals surface area contributed by atoms with Gasteiger partial charge in [-0.3, -0.25) is 0 Å². The third-order valence-corrected chi connectivity index (χ3v) is 2.82. The topological polar surface area (TPSA) is 25.2 Å². The number of hydrogen-bond donors (Lipinski definition) is 1. The minimum Gasteiger partial charge on any atom is -0.396 e. The fourth-order valence-corrected chi connectivity index (χ4v) is 2.21. The minimum absolute atomic E-state index is 0.214. The SMILES string of the molecule is CC(C)Cn1ccc2cccc(CCO)c21. The fraction of sp³-hybridized carbons (Fsp3) is 0.429. The molecule has 0 fully saturated rings. The van der Waals surface area contributed by atoms with Crippen molar-refractivity contribution in [3.8, 4) is 0 Å². The molecule has 0 bridgehead atoms. The zero-order valence-corrected chi connectivity index (χ0v) is 9.98. The quantitative estimate of drug-likeness (QED) is 0.837. The number of benzene rings is 1. The standard InChI is InChI=1S/C14H19NO/c1-11(2)10-15-8-6-12-4-3-5-13(7-9-16)14(12)15/h3-6,8,11,16H,7,9-10H2,1-2H3. The van der Waals surface area contributed by atoms with E-state index in [2.05, 4.69) is 48.9 Å². The van der Waals surface area contributed by atoms with Crippen LogP contribution in [0.3, 0.4) is 0 Å². The Bertz CT molecular complexity index is 471. The summed E-state index contributed by atoms with van der Waals surface area (Å²) in [5.41, 5.74) is 2.52. The number of para-hydroxylation sites is 1. The first kappa shape index (κ1) is 11.2. The number of fused-ring (bicyclic) bond motifs is 1. The first-order chi connectivity index (χ1) is 7.72. The maximum absolute atomic E-state index is 9.08. The lowest BCUT2D eigenvalue weighted by atomic mass is 10.1. The van der Waals surface area contributed by atoms with Crippen molar-refractivity contribution < 1.29 is 5.11 Å². The summed E-state index contributed by atoms with van der Waals surface area (Å²) in [6, 6.07) is 8.45. The molecule has 2 rings (SSSR count). The van der Waals surface area contributed by atoms with Gasteiger partial charge in [0.05, 0.1) is 5.52 Å². The maximum atomic E-state index is 9.08. The normalized spacial score (nSPS) is 11.5. The van der Waals surface area contributed by atoms with Crippen molar-refractivity contribution in [2.75, 3.05) is 6.61 Å². The van der Waals surface area contributed by atoms with Crippen LogP contribution >= 0.6 is 0 Å². The molecule has 1 aromatic heterocycles. The molecule has 0 radical (unpaired) electrons. The monoisotopic (exact) mass is 217 g/mol. The van der Waals surface area contributed by atoms with Gasteiger partial charge in [0.25, 0.3) is 0 Å². The van der Waals surface area contributed by atoms with Gasteiger partial charge >= 0.3 is 0 Å². The highest BCUT2D eigenvalue weighted by molar-refractivity contribution is 5.83. The third kappa shape index (κ3) is 2.12. The number of aliphatic hydroxyl groups excluding tert-OH is 1. The molecule has 0 unspecified atom stereocenters. The number of aliphatic hydroxyl groups is 1. The number of rotatable bonds is 4. The summed E-state index contributed by atoms with van der Waals surface area (Å²) in [4.78, 5) is 0. The van der Waals surface area contributed by atoms with Crippen molar-refractivity contribution in [1.29, 1.82) is 0 Å². The van der Waals surface area contributed by atoms with Crippen LogP contribution in [0.15, 0.2) is 30.5 Å². The van der Waals surface area contributed by atoms with Gasteiger partial charge in [0.2, 0.25) is 0 Å². The first-order valence-corrected chi connectivity index (χ1v) is 5.90. The van der Waals surface area contributed by atoms with Gasteiger partial charge in [-0.05, 0) is 29.4 Å². The lowest BCUT2D eigenvalue weighted by Crippen LogP contribution is -2.04. The second-order valence-electron chi connectivity index (χ2n) is 4.69. The highest BCUT2D eigenvalue weighted by atomic mass is 16.2. The average molecular weight is 217 g/mol. The van der Waals surface area contributed by atoms with Crippen LogP contribution in [0.2, 0.25) is 0 Å². The van der Waals surface area contributed by atoms with E-state index in [4.69, 9.17) is 5.11 Å². The lowest BCUT2D eigenvalue weighted by Gasteiger charge is -2.11. The van der Waals surface area contributed by atoms with Crippen molar-refractivity contribution in [3.63, 3.8) is 0 Å². The van der Waals surface area contributed by atoms with Crippen molar-refractivity contribution in [2.24, 2.45) is 5.92 Å². The molecule has 2 heteroatoms. The first-order valence-electron chi connectivity index (χ1n) is 5.90. The molecule has 0 amide bonds. The van der Waals surface area contributed by atoms with Crippen LogP contribution in [0, 0.1) is 5.92 Å². The summed E-state index contributed by atoms with van der Waals surface area (Å²) in [5, 5.41) is 10.4. The summed E-state index contributed by atoms with van der Waals surface area (Å²) in [5.74, 6) is 0.637. The second kappa shape index (κ2) is 4.71. The molecule has 0 atom stereocenters. The van der Waals surface area contributed by atoms with Gasteiger partial charge in [-0.15, -0.1) is 0 Å². The third-order valence-electron chi connectivity index (χ3n) is 2.82. The van der Waals surface area contributed by atoms with Crippen molar-refractivity contribution in [1.82, 2.24) is 4.57 Å². The number of hydrogen-bond acceptors (Lipinski definition) is 1. The molecule has 0 saturated heterocycles. The van der Waals surface area contributed by atoms with Gasteiger partial charge in [0, 0.05) is 19.3 Å². The smallest absolute Gasteiger partial charge is 0.0513 e. The number of aromatic nitrogens is 1. The van der Waals surface area contributed by atoms with Gasteiger partial charge < -0.3 is 9.67 Å². The molecular weight excluding hydrogens is 198 g/mol. The average Bonchev–Trinajstić information content (AvgIpc) is 2.62. The molecule has 0 aliphatic rings. The number of nitrogens with zero attached hydrogens (tertiary/aromatic N) is 1. The van der Waals surface area contributed by atoms with E-state index in [1.54, 1.807) is 0 Å². The Kier molecular flexibility index (Phi) is 3.30. The van der Waals surface area contributed by atoms with Crippen molar-refractivity contribution in [2.45, 2.75) is 26.8 Å². The van der Waals surface area contributed by atoms with Crippen molar-refractivity contribution in [3.05, 3.63) is 36.0 Å². The molecule has 1 N–H and O–H groups in total. The van der Waals surface area contributed by atoms with Gasteiger partial charge in [-0.25, -0.2) is 0 Å². The molecule has 1 heterocycles. The lowest BCUT2D eigenvalue weighted by molar-refractivity contribution is 0.300. The van der Waals surface area contributed by atoms with E-state index in [-0.39, 0.29) is 6.61 Å². The Balaban J connectivity index is 2.49. The van der Waals surface area contributed by atoms with E-state index in [9.17, 15) is 0 Å². The van der Waals surface area contributed by atoms with Crippen molar-refractivity contribution >= 4 is 10.9 Å². The highest BCUT2D eigenvalue weighted by Gasteiger charge is 2.07. The van der Waals surface area contributed by atoms with E-state index in [0.29, 0.717) is 5.92 Å². The van der Waals surface area contributed by atoms with E-state index in [1.165, 1.54) is 16.5 Å². The Labute approximate surface area is 96.5 Å². The minimum atomic E-state index is 0.214. The molecule has 16 heavy (non-hydrogen) atoms. The predicted molar refractivity (Wildman–Crippen MR) is 67.6 cm³/mol. The molecule has 0 spiro atoms. The van der Waals surface area contributed by atoms with Crippen LogP contribution in [-0.2, 0) is 13.0 Å². The van der Waals surface area contributed by atoms with Gasteiger partial charge in [0.1, 0.15) is 0 Å². The van der Waals surface area contributed by atoms with Crippen LogP contribution in [0.1, 0.15) is 19.4 Å². The molecule has 0 aliphatic heterocycles. The van der Waals surface area contributed by atoms with Crippen LogP contribution in [0.4, 0.5) is 0 Å². The maximum Gasteiger partial charge on any atom is 0.0513 e. The van der Waals surface area contributed by atoms with Gasteiger partial charge in [-0.2, -0.15) is 0 Å². The summed E-state index contributed by atoms with van der Waals surface area (Å²) in [7, 11) is 0. The Morgan fingerprint density at radius 1 is 1.25 bits per heavy atom. The Morgan fingerprint density at radius 2 is 2.06 bits per heavy atom. The zero-order chi connectivity index (χ0) is 11.5. The molecule has 2 nitrogen and oxygen atoms in total. The molecule has 1 aromatic carbocycles. The predicted octanol–water partition coefficient (Wildman–Crippen LogP) is 2.83.